The molecular weight excluding hydrogens is 392 g/mol. The van der Waals surface area contributed by atoms with Crippen molar-refractivity contribution in [2.75, 3.05) is 17.7 Å². The van der Waals surface area contributed by atoms with Crippen molar-refractivity contribution in [2.24, 2.45) is 0 Å². The zero-order valence-electron chi connectivity index (χ0n) is 15.4. The van der Waals surface area contributed by atoms with Crippen molar-refractivity contribution in [3.63, 3.8) is 0 Å². The van der Waals surface area contributed by atoms with Crippen LogP contribution in [-0.4, -0.2) is 23.4 Å². The standard InChI is InChI=1S/C21H19ClN4O3/c22-16-9-17(12-24-11-16)29-13-20(27)25-10-14-5-7-15(8-6-14)21(28)26-19-4-2-1-3-18(19)23/h1-9,11-12H,10,13,23H2,(H,25,27)(H,26,28). The zero-order valence-corrected chi connectivity index (χ0v) is 16.1. The summed E-state index contributed by atoms with van der Waals surface area (Å²) in [5, 5.41) is 5.95. The minimum Gasteiger partial charge on any atom is -0.482 e. The van der Waals surface area contributed by atoms with Crippen LogP contribution < -0.4 is 21.1 Å². The lowest BCUT2D eigenvalue weighted by molar-refractivity contribution is -0.123. The second-order valence-corrected chi connectivity index (χ2v) is 6.58. The third-order valence-corrected chi connectivity index (χ3v) is 4.17. The Bertz CT molecular complexity index is 1010. The molecule has 0 unspecified atom stereocenters. The number of nitrogens with one attached hydrogen (secondary N) is 2. The van der Waals surface area contributed by atoms with Gasteiger partial charge in [-0.15, -0.1) is 0 Å². The molecule has 148 valence electrons. The van der Waals surface area contributed by atoms with Crippen LogP contribution in [0.3, 0.4) is 0 Å². The quantitative estimate of drug-likeness (QED) is 0.518. The van der Waals surface area contributed by atoms with E-state index in [0.717, 1.165) is 5.56 Å². The minimum atomic E-state index is -0.286. The van der Waals surface area contributed by atoms with Gasteiger partial charge in [-0.1, -0.05) is 35.9 Å². The number of ether oxygens (including phenoxy) is 1. The normalized spacial score (nSPS) is 10.2. The summed E-state index contributed by atoms with van der Waals surface area (Å²) in [4.78, 5) is 28.1. The molecule has 0 fully saturated rings. The van der Waals surface area contributed by atoms with Crippen LogP contribution in [0.5, 0.6) is 5.75 Å². The lowest BCUT2D eigenvalue weighted by atomic mass is 10.1. The van der Waals surface area contributed by atoms with Gasteiger partial charge in [0, 0.05) is 24.4 Å². The molecule has 4 N–H and O–H groups in total. The number of aromatic nitrogens is 1. The van der Waals surface area contributed by atoms with Crippen LogP contribution in [0.25, 0.3) is 0 Å². The highest BCUT2D eigenvalue weighted by molar-refractivity contribution is 6.30. The fourth-order valence-corrected chi connectivity index (χ4v) is 2.62. The monoisotopic (exact) mass is 410 g/mol. The van der Waals surface area contributed by atoms with Gasteiger partial charge >= 0.3 is 0 Å². The molecule has 8 heteroatoms. The van der Waals surface area contributed by atoms with Gasteiger partial charge in [0.15, 0.2) is 6.61 Å². The average Bonchev–Trinajstić information content (AvgIpc) is 2.73. The molecule has 2 amide bonds. The maximum Gasteiger partial charge on any atom is 0.258 e. The van der Waals surface area contributed by atoms with Crippen molar-refractivity contribution >= 4 is 34.8 Å². The van der Waals surface area contributed by atoms with Gasteiger partial charge in [-0.05, 0) is 29.8 Å². The molecule has 0 aliphatic rings. The lowest BCUT2D eigenvalue weighted by Gasteiger charge is -2.09. The molecule has 3 rings (SSSR count). The molecule has 7 nitrogen and oxygen atoms in total. The van der Waals surface area contributed by atoms with E-state index in [1.54, 1.807) is 54.6 Å². The van der Waals surface area contributed by atoms with E-state index in [0.29, 0.717) is 34.3 Å². The summed E-state index contributed by atoms with van der Waals surface area (Å²) in [6.07, 6.45) is 2.96. The number of halogens is 1. The van der Waals surface area contributed by atoms with Crippen LogP contribution in [0, 0.1) is 0 Å². The molecule has 0 atom stereocenters. The van der Waals surface area contributed by atoms with Crippen molar-refractivity contribution in [2.45, 2.75) is 6.54 Å². The number of amides is 2. The van der Waals surface area contributed by atoms with Gasteiger partial charge in [0.25, 0.3) is 11.8 Å². The van der Waals surface area contributed by atoms with E-state index in [-0.39, 0.29) is 18.4 Å². The summed E-state index contributed by atoms with van der Waals surface area (Å²) in [7, 11) is 0. The highest BCUT2D eigenvalue weighted by atomic mass is 35.5. The average molecular weight is 411 g/mol. The molecule has 3 aromatic rings. The van der Waals surface area contributed by atoms with Crippen LogP contribution in [0.4, 0.5) is 11.4 Å². The Kier molecular flexibility index (Phi) is 6.65. The number of carbonyl (C=O) groups excluding carboxylic acids is 2. The maximum absolute atomic E-state index is 12.3. The molecule has 0 saturated heterocycles. The summed E-state index contributed by atoms with van der Waals surface area (Å²) >= 11 is 5.81. The number of nitrogens with two attached hydrogens (primary N) is 1. The number of benzene rings is 2. The predicted molar refractivity (Wildman–Crippen MR) is 112 cm³/mol. The molecule has 0 radical (unpaired) electrons. The number of rotatable bonds is 7. The van der Waals surface area contributed by atoms with Crippen LogP contribution in [0.15, 0.2) is 67.0 Å². The molecule has 29 heavy (non-hydrogen) atoms. The molecular formula is C21H19ClN4O3. The van der Waals surface area contributed by atoms with E-state index in [4.69, 9.17) is 22.1 Å². The van der Waals surface area contributed by atoms with E-state index in [1.165, 1.54) is 12.4 Å². The predicted octanol–water partition coefficient (Wildman–Crippen LogP) is 3.26. The Morgan fingerprint density at radius 3 is 2.55 bits per heavy atom. The summed E-state index contributed by atoms with van der Waals surface area (Å²) in [6.45, 7) is 0.157. The van der Waals surface area contributed by atoms with E-state index >= 15 is 0 Å². The van der Waals surface area contributed by atoms with E-state index < -0.39 is 0 Å². The van der Waals surface area contributed by atoms with Gasteiger partial charge in [-0.2, -0.15) is 0 Å². The highest BCUT2D eigenvalue weighted by Crippen LogP contribution is 2.18. The maximum atomic E-state index is 12.3. The van der Waals surface area contributed by atoms with Gasteiger partial charge in [-0.3, -0.25) is 14.6 Å². The third kappa shape index (κ3) is 5.95. The van der Waals surface area contributed by atoms with Crippen molar-refractivity contribution < 1.29 is 14.3 Å². The Hall–Kier alpha value is -3.58. The number of anilines is 2. The van der Waals surface area contributed by atoms with Crippen molar-refractivity contribution in [3.05, 3.63) is 83.1 Å². The summed E-state index contributed by atoms with van der Waals surface area (Å²) in [5.41, 5.74) is 8.22. The summed E-state index contributed by atoms with van der Waals surface area (Å²) in [5.74, 6) is -0.129. The van der Waals surface area contributed by atoms with Gasteiger partial charge < -0.3 is 21.1 Å². The van der Waals surface area contributed by atoms with Crippen LogP contribution in [0.1, 0.15) is 15.9 Å². The number of hydrogen-bond donors (Lipinski definition) is 3. The smallest absolute Gasteiger partial charge is 0.258 e. The van der Waals surface area contributed by atoms with Gasteiger partial charge in [-0.25, -0.2) is 0 Å². The number of hydrogen-bond acceptors (Lipinski definition) is 5. The first-order valence-corrected chi connectivity index (χ1v) is 9.14. The first-order valence-electron chi connectivity index (χ1n) is 8.76. The second-order valence-electron chi connectivity index (χ2n) is 6.14. The zero-order chi connectivity index (χ0) is 20.6. The molecule has 0 aliphatic carbocycles. The number of carbonyl (C=O) groups is 2. The molecule has 1 heterocycles. The van der Waals surface area contributed by atoms with Crippen LogP contribution in [-0.2, 0) is 11.3 Å². The van der Waals surface area contributed by atoms with E-state index in [1.807, 2.05) is 0 Å². The Labute approximate surface area is 172 Å². The third-order valence-electron chi connectivity index (χ3n) is 3.96. The van der Waals surface area contributed by atoms with Gasteiger partial charge in [0.2, 0.25) is 0 Å². The van der Waals surface area contributed by atoms with Crippen molar-refractivity contribution in [1.29, 1.82) is 0 Å². The Morgan fingerprint density at radius 1 is 1.07 bits per heavy atom. The summed E-state index contributed by atoms with van der Waals surface area (Å²) < 4.78 is 5.33. The van der Waals surface area contributed by atoms with Crippen molar-refractivity contribution in [3.8, 4) is 5.75 Å². The van der Waals surface area contributed by atoms with E-state index in [2.05, 4.69) is 15.6 Å². The SMILES string of the molecule is Nc1ccccc1NC(=O)c1ccc(CNC(=O)COc2cncc(Cl)c2)cc1. The minimum absolute atomic E-state index is 0.152. The van der Waals surface area contributed by atoms with E-state index in [9.17, 15) is 9.59 Å². The second kappa shape index (κ2) is 9.57. The largest absolute Gasteiger partial charge is 0.482 e. The topological polar surface area (TPSA) is 106 Å². The first kappa shape index (κ1) is 20.2. The number of para-hydroxylation sites is 2. The van der Waals surface area contributed by atoms with Gasteiger partial charge in [0.05, 0.1) is 22.6 Å². The highest BCUT2D eigenvalue weighted by Gasteiger charge is 2.08. The lowest BCUT2D eigenvalue weighted by Crippen LogP contribution is -2.28. The fourth-order valence-electron chi connectivity index (χ4n) is 2.45. The fraction of sp³-hybridized carbons (Fsp3) is 0.0952. The van der Waals surface area contributed by atoms with Crippen LogP contribution >= 0.6 is 11.6 Å². The molecule has 0 saturated carbocycles. The first-order chi connectivity index (χ1) is 14.0. The molecule has 0 aliphatic heterocycles. The van der Waals surface area contributed by atoms with Crippen molar-refractivity contribution in [1.82, 2.24) is 10.3 Å². The van der Waals surface area contributed by atoms with Crippen LogP contribution in [0.2, 0.25) is 5.02 Å². The number of nitrogens with zero attached hydrogens (tertiary/aromatic N) is 1. The number of nitrogen functional groups attached to an aromatic ring is 1. The molecule has 0 spiro atoms. The van der Waals surface area contributed by atoms with Gasteiger partial charge in [0.1, 0.15) is 5.75 Å². The summed E-state index contributed by atoms with van der Waals surface area (Å²) in [6, 6.07) is 15.5. The Balaban J connectivity index is 1.48. The molecule has 0 bridgehead atoms. The Morgan fingerprint density at radius 2 is 1.83 bits per heavy atom. The number of pyridine rings is 1. The molecule has 2 aromatic carbocycles. The molecule has 1 aromatic heterocycles.